The van der Waals surface area contributed by atoms with E-state index in [9.17, 15) is 0 Å². The summed E-state index contributed by atoms with van der Waals surface area (Å²) in [5, 5.41) is 7.10. The van der Waals surface area contributed by atoms with Crippen LogP contribution in [0.15, 0.2) is 27.8 Å². The van der Waals surface area contributed by atoms with Gasteiger partial charge in [-0.2, -0.15) is 0 Å². The Bertz CT molecular complexity index is 575. The van der Waals surface area contributed by atoms with Crippen molar-refractivity contribution < 1.29 is 9.15 Å². The molecule has 0 aromatic carbocycles. The third-order valence-electron chi connectivity index (χ3n) is 6.02. The first-order chi connectivity index (χ1) is 13.2. The predicted molar refractivity (Wildman–Crippen MR) is 125 cm³/mol. The van der Waals surface area contributed by atoms with E-state index in [4.69, 9.17) is 14.1 Å². The number of halogens is 1. The van der Waals surface area contributed by atoms with Gasteiger partial charge in [-0.15, -0.1) is 24.0 Å². The molecule has 0 radical (unpaired) electrons. The molecule has 1 aliphatic carbocycles. The highest BCUT2D eigenvalue weighted by Crippen LogP contribution is 2.48. The highest BCUT2D eigenvalue weighted by Gasteiger charge is 2.41. The van der Waals surface area contributed by atoms with E-state index in [1.165, 1.54) is 32.2 Å². The molecule has 2 fully saturated rings. The Hall–Kier alpha value is -0.800. The Kier molecular flexibility index (Phi) is 10.1. The van der Waals surface area contributed by atoms with Crippen LogP contribution in [-0.2, 0) is 11.2 Å². The van der Waals surface area contributed by atoms with Gasteiger partial charge in [0.1, 0.15) is 5.76 Å². The first-order valence-electron chi connectivity index (χ1n) is 10.5. The molecule has 3 rings (SSSR count). The van der Waals surface area contributed by atoms with Crippen LogP contribution in [0.25, 0.3) is 0 Å². The molecular weight excluding hydrogens is 467 g/mol. The first kappa shape index (κ1) is 23.5. The van der Waals surface area contributed by atoms with Gasteiger partial charge in [0, 0.05) is 45.8 Å². The van der Waals surface area contributed by atoms with Crippen LogP contribution in [0.1, 0.15) is 44.8 Å². The lowest BCUT2D eigenvalue weighted by Gasteiger charge is -2.24. The number of aliphatic imine (C=N–C) groups is 1. The molecule has 1 aromatic rings. The number of hydrogen-bond acceptors (Lipinski definition) is 4. The molecule has 0 spiro atoms. The molecule has 1 saturated heterocycles. The van der Waals surface area contributed by atoms with Crippen molar-refractivity contribution in [1.29, 1.82) is 0 Å². The number of likely N-dealkylation sites (tertiary alicyclic amines) is 1. The van der Waals surface area contributed by atoms with Gasteiger partial charge in [0.15, 0.2) is 5.96 Å². The van der Waals surface area contributed by atoms with E-state index in [2.05, 4.69) is 22.5 Å². The van der Waals surface area contributed by atoms with Crippen molar-refractivity contribution in [3.05, 3.63) is 24.2 Å². The Morgan fingerprint density at radius 3 is 2.93 bits per heavy atom. The number of rotatable bonds is 11. The molecule has 2 N–H and O–H groups in total. The molecule has 0 amide bonds. The van der Waals surface area contributed by atoms with Gasteiger partial charge >= 0.3 is 0 Å². The largest absolute Gasteiger partial charge is 0.469 e. The maximum Gasteiger partial charge on any atom is 0.191 e. The van der Waals surface area contributed by atoms with Gasteiger partial charge in [-0.05, 0) is 62.7 Å². The second-order valence-corrected chi connectivity index (χ2v) is 7.97. The standard InChI is InChI=1S/C21H36N4O2.HI/c1-3-25-13-4-6-18(25)16-23-20(22-12-8-19-7-5-14-27-19)24-17-21(9-10-21)11-15-26-2;/h5,7,14,18H,3-4,6,8-13,15-17H2,1-2H3,(H2,22,23,24);1H. The monoisotopic (exact) mass is 504 g/mol. The van der Waals surface area contributed by atoms with Crippen LogP contribution < -0.4 is 10.6 Å². The van der Waals surface area contributed by atoms with Gasteiger partial charge in [-0.25, -0.2) is 0 Å². The van der Waals surface area contributed by atoms with Crippen molar-refractivity contribution in [2.45, 2.75) is 51.5 Å². The summed E-state index contributed by atoms with van der Waals surface area (Å²) in [6.07, 6.45) is 8.83. The lowest BCUT2D eigenvalue weighted by Crippen LogP contribution is -2.45. The molecule has 6 nitrogen and oxygen atoms in total. The molecule has 1 saturated carbocycles. The molecule has 1 aromatic heterocycles. The van der Waals surface area contributed by atoms with Crippen molar-refractivity contribution in [2.75, 3.05) is 46.4 Å². The van der Waals surface area contributed by atoms with Gasteiger partial charge in [-0.3, -0.25) is 9.89 Å². The van der Waals surface area contributed by atoms with Crippen LogP contribution in [0.5, 0.6) is 0 Å². The quantitative estimate of drug-likeness (QED) is 0.275. The summed E-state index contributed by atoms with van der Waals surface area (Å²) in [4.78, 5) is 7.50. The summed E-state index contributed by atoms with van der Waals surface area (Å²) < 4.78 is 10.7. The second kappa shape index (κ2) is 12.0. The van der Waals surface area contributed by atoms with Crippen LogP contribution in [0, 0.1) is 5.41 Å². The van der Waals surface area contributed by atoms with E-state index in [1.807, 2.05) is 12.1 Å². The Labute approximate surface area is 186 Å². The third kappa shape index (κ3) is 7.22. The average molecular weight is 504 g/mol. The van der Waals surface area contributed by atoms with Crippen LogP contribution >= 0.6 is 24.0 Å². The Morgan fingerprint density at radius 2 is 2.25 bits per heavy atom. The van der Waals surface area contributed by atoms with Crippen molar-refractivity contribution >= 4 is 29.9 Å². The third-order valence-corrected chi connectivity index (χ3v) is 6.02. The van der Waals surface area contributed by atoms with Gasteiger partial charge in [0.2, 0.25) is 0 Å². The molecule has 160 valence electrons. The topological polar surface area (TPSA) is 62.0 Å². The summed E-state index contributed by atoms with van der Waals surface area (Å²) in [5.74, 6) is 1.95. The summed E-state index contributed by atoms with van der Waals surface area (Å²) in [6, 6.07) is 4.58. The zero-order valence-corrected chi connectivity index (χ0v) is 19.7. The van der Waals surface area contributed by atoms with E-state index in [-0.39, 0.29) is 24.0 Å². The Balaban J connectivity index is 0.00000280. The normalized spacial score (nSPS) is 21.4. The molecular formula is C21H37IN4O2. The fraction of sp³-hybridized carbons (Fsp3) is 0.762. The van der Waals surface area contributed by atoms with Crippen LogP contribution in [0.4, 0.5) is 0 Å². The smallest absolute Gasteiger partial charge is 0.191 e. The minimum atomic E-state index is 0. The van der Waals surface area contributed by atoms with Gasteiger partial charge in [-0.1, -0.05) is 6.92 Å². The zero-order chi connectivity index (χ0) is 19.0. The van der Waals surface area contributed by atoms with Crippen LogP contribution in [0.2, 0.25) is 0 Å². The maximum absolute atomic E-state index is 5.43. The Morgan fingerprint density at radius 1 is 1.39 bits per heavy atom. The lowest BCUT2D eigenvalue weighted by molar-refractivity contribution is 0.174. The van der Waals surface area contributed by atoms with Gasteiger partial charge < -0.3 is 19.8 Å². The fourth-order valence-corrected chi connectivity index (χ4v) is 3.92. The number of nitrogens with zero attached hydrogens (tertiary/aromatic N) is 2. The summed E-state index contributed by atoms with van der Waals surface area (Å²) in [6.45, 7) is 8.11. The van der Waals surface area contributed by atoms with E-state index in [0.717, 1.165) is 57.3 Å². The number of ether oxygens (including phenoxy) is 1. The number of furan rings is 1. The molecule has 1 aliphatic heterocycles. The van der Waals surface area contributed by atoms with E-state index in [1.54, 1.807) is 13.4 Å². The molecule has 2 heterocycles. The van der Waals surface area contributed by atoms with Crippen molar-refractivity contribution in [3.8, 4) is 0 Å². The summed E-state index contributed by atoms with van der Waals surface area (Å²) >= 11 is 0. The average Bonchev–Trinajstić information content (AvgIpc) is 3.08. The zero-order valence-electron chi connectivity index (χ0n) is 17.4. The lowest BCUT2D eigenvalue weighted by atomic mass is 10.0. The highest BCUT2D eigenvalue weighted by molar-refractivity contribution is 14.0. The number of hydrogen-bond donors (Lipinski definition) is 2. The predicted octanol–water partition coefficient (Wildman–Crippen LogP) is 3.28. The van der Waals surface area contributed by atoms with E-state index in [0.29, 0.717) is 11.5 Å². The number of guanidine groups is 1. The molecule has 1 atom stereocenters. The molecule has 2 aliphatic rings. The molecule has 7 heteroatoms. The minimum absolute atomic E-state index is 0. The number of likely N-dealkylation sites (N-methyl/N-ethyl adjacent to an activating group) is 1. The van der Waals surface area contributed by atoms with Crippen LogP contribution in [0.3, 0.4) is 0 Å². The fourth-order valence-electron chi connectivity index (χ4n) is 3.92. The van der Waals surface area contributed by atoms with Crippen molar-refractivity contribution in [3.63, 3.8) is 0 Å². The van der Waals surface area contributed by atoms with Crippen molar-refractivity contribution in [1.82, 2.24) is 15.5 Å². The molecule has 1 unspecified atom stereocenters. The molecule has 0 bridgehead atoms. The molecule has 28 heavy (non-hydrogen) atoms. The highest BCUT2D eigenvalue weighted by atomic mass is 127. The summed E-state index contributed by atoms with van der Waals surface area (Å²) in [7, 11) is 1.78. The van der Waals surface area contributed by atoms with Gasteiger partial charge in [0.05, 0.1) is 6.26 Å². The maximum atomic E-state index is 5.43. The van der Waals surface area contributed by atoms with E-state index < -0.39 is 0 Å². The van der Waals surface area contributed by atoms with Gasteiger partial charge in [0.25, 0.3) is 0 Å². The minimum Gasteiger partial charge on any atom is -0.469 e. The SMILES string of the molecule is CCN1CCCC1CNC(=NCC1(CCOC)CC1)NCCc1ccco1.I. The first-order valence-corrected chi connectivity index (χ1v) is 10.5. The van der Waals surface area contributed by atoms with Crippen LogP contribution in [-0.4, -0.2) is 63.3 Å². The number of methoxy groups -OCH3 is 1. The van der Waals surface area contributed by atoms with E-state index >= 15 is 0 Å². The summed E-state index contributed by atoms with van der Waals surface area (Å²) in [5.41, 5.74) is 0.369. The number of nitrogens with one attached hydrogen (secondary N) is 2. The van der Waals surface area contributed by atoms with Crippen molar-refractivity contribution in [2.24, 2.45) is 10.4 Å². The second-order valence-electron chi connectivity index (χ2n) is 7.97.